The Labute approximate surface area is 74.1 Å². The highest BCUT2D eigenvalue weighted by Crippen LogP contribution is 2.19. The fourth-order valence-electron chi connectivity index (χ4n) is 1.19. The number of hydrogen-bond donors (Lipinski definition) is 1. The van der Waals surface area contributed by atoms with Crippen LogP contribution in [0.3, 0.4) is 0 Å². The number of nitrogens with zero attached hydrogens (tertiary/aromatic N) is 1. The van der Waals surface area contributed by atoms with E-state index < -0.39 is 24.2 Å². The highest BCUT2D eigenvalue weighted by molar-refractivity contribution is 5.93. The van der Waals surface area contributed by atoms with Gasteiger partial charge in [-0.1, -0.05) is 0 Å². The number of ether oxygens (including phenoxy) is 1. The normalized spacial score (nSPS) is 21.8. The van der Waals surface area contributed by atoms with Crippen LogP contribution in [0.1, 0.15) is 19.8 Å². The van der Waals surface area contributed by atoms with Gasteiger partial charge in [0.1, 0.15) is 0 Å². The van der Waals surface area contributed by atoms with Crippen molar-refractivity contribution in [1.29, 1.82) is 0 Å². The van der Waals surface area contributed by atoms with Crippen molar-refractivity contribution in [2.75, 3.05) is 0 Å². The van der Waals surface area contributed by atoms with Gasteiger partial charge in [-0.25, -0.2) is 9.69 Å². The largest absolute Gasteiger partial charge is 0.465 e. The molecule has 13 heavy (non-hydrogen) atoms. The van der Waals surface area contributed by atoms with E-state index in [-0.39, 0.29) is 12.8 Å². The lowest BCUT2D eigenvalue weighted by Crippen LogP contribution is -2.39. The standard InChI is InChI=1S/C7H9NO5/c1-4(9)13-6-3-2-5(10)8(6)7(11)12/h6H,2-3H2,1H3,(H,11,12)/t6-/m1/s1. The van der Waals surface area contributed by atoms with Crippen LogP contribution in [0, 0.1) is 0 Å². The Hall–Kier alpha value is -1.59. The van der Waals surface area contributed by atoms with Gasteiger partial charge in [0, 0.05) is 19.8 Å². The van der Waals surface area contributed by atoms with Crippen LogP contribution < -0.4 is 0 Å². The third kappa shape index (κ3) is 1.95. The monoisotopic (exact) mass is 187 g/mol. The third-order valence-corrected chi connectivity index (χ3v) is 1.67. The molecule has 1 fully saturated rings. The topological polar surface area (TPSA) is 83.9 Å². The maximum atomic E-state index is 11.0. The number of esters is 1. The summed E-state index contributed by atoms with van der Waals surface area (Å²) in [5.41, 5.74) is 0. The maximum absolute atomic E-state index is 11.0. The number of carbonyl (C=O) groups excluding carboxylic acids is 2. The molecule has 0 aromatic heterocycles. The molecule has 1 heterocycles. The van der Waals surface area contributed by atoms with E-state index >= 15 is 0 Å². The SMILES string of the molecule is CC(=O)O[C@@H]1CCC(=O)N1C(=O)O. The van der Waals surface area contributed by atoms with Crippen molar-refractivity contribution in [3.05, 3.63) is 0 Å². The number of carbonyl (C=O) groups is 3. The Kier molecular flexibility index (Phi) is 2.50. The van der Waals surface area contributed by atoms with Gasteiger partial charge >= 0.3 is 12.1 Å². The summed E-state index contributed by atoms with van der Waals surface area (Å²) < 4.78 is 4.64. The van der Waals surface area contributed by atoms with Crippen LogP contribution >= 0.6 is 0 Å². The predicted octanol–water partition coefficient (Wildman–Crippen LogP) is 0.176. The molecule has 0 aromatic rings. The van der Waals surface area contributed by atoms with Crippen LogP contribution in [-0.2, 0) is 14.3 Å². The van der Waals surface area contributed by atoms with Crippen LogP contribution in [0.25, 0.3) is 0 Å². The highest BCUT2D eigenvalue weighted by atomic mass is 16.6. The minimum absolute atomic E-state index is 0.101. The number of rotatable bonds is 1. The summed E-state index contributed by atoms with van der Waals surface area (Å²) in [4.78, 5) is 32.5. The Balaban J connectivity index is 2.69. The maximum Gasteiger partial charge on any atom is 0.417 e. The molecule has 0 bridgehead atoms. The zero-order chi connectivity index (χ0) is 10.0. The molecule has 1 atom stereocenters. The number of likely N-dealkylation sites (tertiary alicyclic amines) is 1. The lowest BCUT2D eigenvalue weighted by molar-refractivity contribution is -0.154. The van der Waals surface area contributed by atoms with E-state index in [0.29, 0.717) is 4.90 Å². The minimum Gasteiger partial charge on any atom is -0.465 e. The summed E-state index contributed by atoms with van der Waals surface area (Å²) in [5.74, 6) is -1.12. The zero-order valence-corrected chi connectivity index (χ0v) is 7.02. The number of hydrogen-bond acceptors (Lipinski definition) is 4. The van der Waals surface area contributed by atoms with Crippen molar-refractivity contribution < 1.29 is 24.2 Å². The summed E-state index contributed by atoms with van der Waals surface area (Å²) >= 11 is 0. The van der Waals surface area contributed by atoms with E-state index in [2.05, 4.69) is 4.74 Å². The van der Waals surface area contributed by atoms with E-state index in [9.17, 15) is 14.4 Å². The fourth-order valence-corrected chi connectivity index (χ4v) is 1.19. The molecule has 0 saturated carbocycles. The molecule has 1 rings (SSSR count). The van der Waals surface area contributed by atoms with E-state index in [1.165, 1.54) is 6.92 Å². The van der Waals surface area contributed by atoms with Crippen LogP contribution in [0.15, 0.2) is 0 Å². The first-order chi connectivity index (χ1) is 6.02. The molecule has 0 unspecified atom stereocenters. The molecule has 1 aliphatic heterocycles. The second-order valence-corrected chi connectivity index (χ2v) is 2.65. The van der Waals surface area contributed by atoms with Crippen LogP contribution in [0.2, 0.25) is 0 Å². The van der Waals surface area contributed by atoms with Crippen molar-refractivity contribution in [2.24, 2.45) is 0 Å². The van der Waals surface area contributed by atoms with Crippen LogP contribution in [-0.4, -0.2) is 34.2 Å². The first-order valence-corrected chi connectivity index (χ1v) is 3.74. The molecule has 6 heteroatoms. The lowest BCUT2D eigenvalue weighted by atomic mass is 10.3. The van der Waals surface area contributed by atoms with Crippen molar-refractivity contribution in [1.82, 2.24) is 4.90 Å². The second-order valence-electron chi connectivity index (χ2n) is 2.65. The van der Waals surface area contributed by atoms with Crippen LogP contribution in [0.5, 0.6) is 0 Å². The molecule has 72 valence electrons. The second kappa shape index (κ2) is 3.42. The summed E-state index contributed by atoms with van der Waals surface area (Å²) in [6.45, 7) is 1.17. The molecular formula is C7H9NO5. The highest BCUT2D eigenvalue weighted by Gasteiger charge is 2.37. The Morgan fingerprint density at radius 2 is 2.23 bits per heavy atom. The average Bonchev–Trinajstić information content (AvgIpc) is 2.30. The third-order valence-electron chi connectivity index (χ3n) is 1.67. The zero-order valence-electron chi connectivity index (χ0n) is 7.02. The van der Waals surface area contributed by atoms with Gasteiger partial charge < -0.3 is 9.84 Å². The Bertz CT molecular complexity index is 262. The van der Waals surface area contributed by atoms with Crippen LogP contribution in [0.4, 0.5) is 4.79 Å². The molecule has 0 radical (unpaired) electrons. The van der Waals surface area contributed by atoms with Crippen molar-refractivity contribution in [2.45, 2.75) is 26.0 Å². The predicted molar refractivity (Wildman–Crippen MR) is 39.7 cm³/mol. The van der Waals surface area contributed by atoms with Crippen molar-refractivity contribution in [3.63, 3.8) is 0 Å². The first-order valence-electron chi connectivity index (χ1n) is 3.74. The average molecular weight is 187 g/mol. The molecular weight excluding hydrogens is 178 g/mol. The van der Waals surface area contributed by atoms with Gasteiger partial charge in [-0.3, -0.25) is 9.59 Å². The van der Waals surface area contributed by atoms with Gasteiger partial charge in [0.05, 0.1) is 0 Å². The molecule has 1 aliphatic rings. The smallest absolute Gasteiger partial charge is 0.417 e. The molecule has 1 saturated heterocycles. The lowest BCUT2D eigenvalue weighted by Gasteiger charge is -2.18. The van der Waals surface area contributed by atoms with E-state index in [1.54, 1.807) is 0 Å². The van der Waals surface area contributed by atoms with E-state index in [4.69, 9.17) is 5.11 Å². The van der Waals surface area contributed by atoms with Gasteiger partial charge in [0.2, 0.25) is 5.91 Å². The molecule has 6 nitrogen and oxygen atoms in total. The number of carboxylic acid groups (broad SMARTS) is 1. The number of imide groups is 1. The van der Waals surface area contributed by atoms with Gasteiger partial charge in [-0.15, -0.1) is 0 Å². The Morgan fingerprint density at radius 3 is 2.69 bits per heavy atom. The summed E-state index contributed by atoms with van der Waals surface area (Å²) in [6.07, 6.45) is -1.98. The summed E-state index contributed by atoms with van der Waals surface area (Å²) in [5, 5.41) is 8.58. The van der Waals surface area contributed by atoms with Gasteiger partial charge in [0.25, 0.3) is 0 Å². The van der Waals surface area contributed by atoms with Gasteiger partial charge in [0.15, 0.2) is 6.23 Å². The van der Waals surface area contributed by atoms with E-state index in [0.717, 1.165) is 0 Å². The number of amides is 2. The van der Waals surface area contributed by atoms with E-state index in [1.807, 2.05) is 0 Å². The first kappa shape index (κ1) is 9.50. The van der Waals surface area contributed by atoms with Gasteiger partial charge in [-0.05, 0) is 0 Å². The quantitative estimate of drug-likeness (QED) is 0.592. The Morgan fingerprint density at radius 1 is 1.62 bits per heavy atom. The summed E-state index contributed by atoms with van der Waals surface area (Å²) in [6, 6.07) is 0. The van der Waals surface area contributed by atoms with Gasteiger partial charge in [-0.2, -0.15) is 0 Å². The molecule has 0 aromatic carbocycles. The minimum atomic E-state index is -1.38. The molecule has 0 spiro atoms. The van der Waals surface area contributed by atoms with Crippen molar-refractivity contribution in [3.8, 4) is 0 Å². The molecule has 2 amide bonds. The summed E-state index contributed by atoms with van der Waals surface area (Å²) in [7, 11) is 0. The molecule has 0 aliphatic carbocycles. The fraction of sp³-hybridized carbons (Fsp3) is 0.571. The van der Waals surface area contributed by atoms with Crippen molar-refractivity contribution >= 4 is 18.0 Å². The molecule has 1 N–H and O–H groups in total.